The number of furan rings is 1. The molecule has 2 amide bonds. The molecule has 0 bridgehead atoms. The molecule has 0 aromatic carbocycles. The monoisotopic (exact) mass is 447 g/mol. The molecule has 0 aliphatic carbocycles. The molecule has 178 valence electrons. The van der Waals surface area contributed by atoms with Crippen LogP contribution in [0.15, 0.2) is 22.8 Å². The zero-order valence-corrected chi connectivity index (χ0v) is 19.5. The van der Waals surface area contributed by atoms with Gasteiger partial charge in [0.1, 0.15) is 5.60 Å². The van der Waals surface area contributed by atoms with E-state index in [4.69, 9.17) is 13.9 Å². The molecule has 3 saturated heterocycles. The fraction of sp³-hybridized carbons (Fsp3) is 0.750. The molecule has 3 atom stereocenters. The van der Waals surface area contributed by atoms with Gasteiger partial charge in [-0.25, -0.2) is 4.79 Å². The first-order chi connectivity index (χ1) is 15.3. The number of rotatable bonds is 4. The average Bonchev–Trinajstić information content (AvgIpc) is 3.45. The Labute approximate surface area is 190 Å². The van der Waals surface area contributed by atoms with Crippen LogP contribution in [-0.4, -0.2) is 78.4 Å². The Hall–Kier alpha value is -2.06. The fourth-order valence-corrected chi connectivity index (χ4v) is 5.24. The van der Waals surface area contributed by atoms with Crippen LogP contribution in [0.4, 0.5) is 4.79 Å². The summed E-state index contributed by atoms with van der Waals surface area (Å²) in [6.07, 6.45) is 6.08. The number of carbonyl (C=O) groups excluding carboxylic acids is 2. The van der Waals surface area contributed by atoms with Crippen molar-refractivity contribution < 1.29 is 23.5 Å². The van der Waals surface area contributed by atoms with Gasteiger partial charge in [-0.05, 0) is 65.0 Å². The van der Waals surface area contributed by atoms with Crippen LogP contribution in [0.1, 0.15) is 63.4 Å². The van der Waals surface area contributed by atoms with E-state index in [-0.39, 0.29) is 24.0 Å². The maximum Gasteiger partial charge on any atom is 0.410 e. The van der Waals surface area contributed by atoms with Gasteiger partial charge in [0.15, 0.2) is 5.76 Å². The zero-order valence-electron chi connectivity index (χ0n) is 19.5. The van der Waals surface area contributed by atoms with E-state index in [1.807, 2.05) is 30.6 Å². The molecule has 3 fully saturated rings. The van der Waals surface area contributed by atoms with Crippen LogP contribution in [0, 0.1) is 5.92 Å². The van der Waals surface area contributed by atoms with E-state index in [0.717, 1.165) is 58.3 Å². The van der Waals surface area contributed by atoms with Gasteiger partial charge in [-0.1, -0.05) is 0 Å². The number of nitrogens with zero attached hydrogens (tertiary/aromatic N) is 2. The van der Waals surface area contributed by atoms with E-state index in [1.165, 1.54) is 6.26 Å². The Bertz CT molecular complexity index is 767. The lowest BCUT2D eigenvalue weighted by molar-refractivity contribution is -0.0194. The second-order valence-corrected chi connectivity index (χ2v) is 10.2. The third kappa shape index (κ3) is 5.46. The van der Waals surface area contributed by atoms with Crippen LogP contribution < -0.4 is 5.32 Å². The van der Waals surface area contributed by atoms with Gasteiger partial charge in [-0.2, -0.15) is 0 Å². The van der Waals surface area contributed by atoms with E-state index in [2.05, 4.69) is 5.32 Å². The average molecular weight is 448 g/mol. The van der Waals surface area contributed by atoms with E-state index in [1.54, 1.807) is 12.1 Å². The highest BCUT2D eigenvalue weighted by molar-refractivity contribution is 5.91. The van der Waals surface area contributed by atoms with Crippen molar-refractivity contribution in [3.05, 3.63) is 24.2 Å². The highest BCUT2D eigenvalue weighted by Crippen LogP contribution is 2.32. The van der Waals surface area contributed by atoms with Gasteiger partial charge in [0.25, 0.3) is 5.91 Å². The van der Waals surface area contributed by atoms with Crippen molar-refractivity contribution in [2.75, 3.05) is 32.8 Å². The van der Waals surface area contributed by atoms with E-state index < -0.39 is 5.60 Å². The van der Waals surface area contributed by atoms with Crippen molar-refractivity contribution in [1.82, 2.24) is 15.1 Å². The largest absolute Gasteiger partial charge is 0.459 e. The van der Waals surface area contributed by atoms with Crippen LogP contribution in [0.3, 0.4) is 0 Å². The summed E-state index contributed by atoms with van der Waals surface area (Å²) in [6.45, 7) is 9.32. The number of carbonyl (C=O) groups is 2. The summed E-state index contributed by atoms with van der Waals surface area (Å²) in [5.74, 6) is 0.627. The summed E-state index contributed by atoms with van der Waals surface area (Å²) in [7, 11) is 0. The van der Waals surface area contributed by atoms with Gasteiger partial charge < -0.3 is 29.0 Å². The van der Waals surface area contributed by atoms with E-state index in [9.17, 15) is 9.59 Å². The predicted molar refractivity (Wildman–Crippen MR) is 119 cm³/mol. The SMILES string of the molecule is CC(C)(C)OC(=O)N1CCCC1C1COCCC1NC1CCN(C(=O)c2ccco2)CC1. The Balaban J connectivity index is 1.34. The molecule has 0 saturated carbocycles. The van der Waals surface area contributed by atoms with Crippen molar-refractivity contribution in [1.29, 1.82) is 0 Å². The Morgan fingerprint density at radius 2 is 1.91 bits per heavy atom. The Morgan fingerprint density at radius 1 is 1.12 bits per heavy atom. The standard InChI is InChI=1S/C24H37N3O5/c1-24(2,3)32-23(29)27-11-4-6-20(27)18-16-30-15-10-19(18)25-17-8-12-26(13-9-17)22(28)21-7-5-14-31-21/h5,7,14,17-20,25H,4,6,8-13,15-16H2,1-3H3. The third-order valence-corrected chi connectivity index (χ3v) is 6.79. The van der Waals surface area contributed by atoms with Gasteiger partial charge in [-0.15, -0.1) is 0 Å². The maximum absolute atomic E-state index is 12.8. The minimum Gasteiger partial charge on any atom is -0.459 e. The van der Waals surface area contributed by atoms with E-state index in [0.29, 0.717) is 24.5 Å². The third-order valence-electron chi connectivity index (χ3n) is 6.79. The van der Waals surface area contributed by atoms with E-state index >= 15 is 0 Å². The number of ether oxygens (including phenoxy) is 2. The number of likely N-dealkylation sites (tertiary alicyclic amines) is 2. The van der Waals surface area contributed by atoms with Crippen LogP contribution >= 0.6 is 0 Å². The lowest BCUT2D eigenvalue weighted by Gasteiger charge is -2.42. The second-order valence-electron chi connectivity index (χ2n) is 10.2. The Morgan fingerprint density at radius 3 is 2.59 bits per heavy atom. The molecule has 32 heavy (non-hydrogen) atoms. The summed E-state index contributed by atoms with van der Waals surface area (Å²) in [5, 5.41) is 3.87. The fourth-order valence-electron chi connectivity index (χ4n) is 5.24. The van der Waals surface area contributed by atoms with Crippen LogP contribution in [0.5, 0.6) is 0 Å². The summed E-state index contributed by atoms with van der Waals surface area (Å²) < 4.78 is 16.8. The topological polar surface area (TPSA) is 84.2 Å². The molecule has 3 aliphatic heterocycles. The molecule has 4 rings (SSSR count). The van der Waals surface area contributed by atoms with Gasteiger partial charge in [0, 0.05) is 50.3 Å². The minimum atomic E-state index is -0.494. The highest BCUT2D eigenvalue weighted by atomic mass is 16.6. The van der Waals surface area contributed by atoms with Gasteiger partial charge in [-0.3, -0.25) is 4.79 Å². The summed E-state index contributed by atoms with van der Waals surface area (Å²) >= 11 is 0. The number of amides is 2. The molecule has 0 spiro atoms. The molecule has 3 aliphatic rings. The smallest absolute Gasteiger partial charge is 0.410 e. The summed E-state index contributed by atoms with van der Waals surface area (Å²) in [5.41, 5.74) is -0.494. The normalized spacial score (nSPS) is 27.5. The first-order valence-electron chi connectivity index (χ1n) is 12.0. The molecular formula is C24H37N3O5. The van der Waals surface area contributed by atoms with Crippen molar-refractivity contribution in [3.8, 4) is 0 Å². The number of nitrogens with one attached hydrogen (secondary N) is 1. The molecule has 1 aromatic rings. The van der Waals surface area contributed by atoms with Crippen molar-refractivity contribution in [2.24, 2.45) is 5.92 Å². The van der Waals surface area contributed by atoms with Crippen molar-refractivity contribution >= 4 is 12.0 Å². The second kappa shape index (κ2) is 9.83. The molecular weight excluding hydrogens is 410 g/mol. The van der Waals surface area contributed by atoms with Gasteiger partial charge >= 0.3 is 6.09 Å². The number of hydrogen-bond donors (Lipinski definition) is 1. The predicted octanol–water partition coefficient (Wildman–Crippen LogP) is 3.28. The van der Waals surface area contributed by atoms with Crippen LogP contribution in [-0.2, 0) is 9.47 Å². The number of hydrogen-bond acceptors (Lipinski definition) is 6. The first-order valence-corrected chi connectivity index (χ1v) is 12.0. The molecule has 1 N–H and O–H groups in total. The molecule has 4 heterocycles. The van der Waals surface area contributed by atoms with Crippen LogP contribution in [0.2, 0.25) is 0 Å². The van der Waals surface area contributed by atoms with Crippen molar-refractivity contribution in [3.63, 3.8) is 0 Å². The molecule has 8 nitrogen and oxygen atoms in total. The lowest BCUT2D eigenvalue weighted by atomic mass is 9.86. The molecule has 1 aromatic heterocycles. The zero-order chi connectivity index (χ0) is 22.7. The first kappa shape index (κ1) is 23.1. The summed E-state index contributed by atoms with van der Waals surface area (Å²) in [6, 6.07) is 4.27. The lowest BCUT2D eigenvalue weighted by Crippen LogP contribution is -2.56. The quantitative estimate of drug-likeness (QED) is 0.763. The van der Waals surface area contributed by atoms with Crippen LogP contribution in [0.25, 0.3) is 0 Å². The molecule has 8 heteroatoms. The molecule has 3 unspecified atom stereocenters. The van der Waals surface area contributed by atoms with Gasteiger partial charge in [0.2, 0.25) is 0 Å². The Kier molecular flexibility index (Phi) is 7.10. The van der Waals surface area contributed by atoms with Crippen molar-refractivity contribution in [2.45, 2.75) is 76.6 Å². The number of piperidine rings is 1. The maximum atomic E-state index is 12.8. The highest BCUT2D eigenvalue weighted by Gasteiger charge is 2.42. The molecule has 0 radical (unpaired) electrons. The minimum absolute atomic E-state index is 0.0312. The van der Waals surface area contributed by atoms with Gasteiger partial charge in [0.05, 0.1) is 12.9 Å². The summed E-state index contributed by atoms with van der Waals surface area (Å²) in [4.78, 5) is 29.1.